The molecule has 0 aliphatic rings. The number of nitrogens with one attached hydrogen (secondary N) is 2. The zero-order chi connectivity index (χ0) is 17.7. The van der Waals surface area contributed by atoms with E-state index in [2.05, 4.69) is 5.32 Å². The SMILES string of the molecule is CC(=O)Nc1cccc(C(=O)N[C@H](c2ccccc2)C(F)(F)F)c1. The van der Waals surface area contributed by atoms with Crippen LogP contribution >= 0.6 is 0 Å². The molecule has 126 valence electrons. The van der Waals surface area contributed by atoms with Crippen LogP contribution in [-0.4, -0.2) is 18.0 Å². The van der Waals surface area contributed by atoms with Crippen LogP contribution in [0.1, 0.15) is 28.9 Å². The molecule has 0 saturated carbocycles. The van der Waals surface area contributed by atoms with Gasteiger partial charge in [0.2, 0.25) is 5.91 Å². The van der Waals surface area contributed by atoms with Gasteiger partial charge in [0.15, 0.2) is 6.04 Å². The van der Waals surface area contributed by atoms with E-state index in [9.17, 15) is 22.8 Å². The molecule has 0 unspecified atom stereocenters. The minimum atomic E-state index is -4.63. The number of benzene rings is 2. The van der Waals surface area contributed by atoms with E-state index in [-0.39, 0.29) is 17.0 Å². The second kappa shape index (κ2) is 7.16. The van der Waals surface area contributed by atoms with Gasteiger partial charge >= 0.3 is 6.18 Å². The molecule has 2 N–H and O–H groups in total. The van der Waals surface area contributed by atoms with Crippen molar-refractivity contribution in [2.75, 3.05) is 5.32 Å². The Bertz CT molecular complexity index is 730. The molecule has 2 amide bonds. The topological polar surface area (TPSA) is 58.2 Å². The maximum Gasteiger partial charge on any atom is 0.412 e. The van der Waals surface area contributed by atoms with Gasteiger partial charge in [-0.05, 0) is 23.8 Å². The van der Waals surface area contributed by atoms with Crippen molar-refractivity contribution in [2.24, 2.45) is 0 Å². The molecule has 0 spiro atoms. The number of halogens is 3. The molecule has 0 aliphatic carbocycles. The van der Waals surface area contributed by atoms with E-state index in [0.29, 0.717) is 5.69 Å². The molecule has 2 rings (SSSR count). The Kier molecular flexibility index (Phi) is 5.23. The van der Waals surface area contributed by atoms with Crippen molar-refractivity contribution in [3.8, 4) is 0 Å². The second-order valence-corrected chi connectivity index (χ2v) is 5.12. The lowest BCUT2D eigenvalue weighted by Crippen LogP contribution is -2.38. The number of carbonyl (C=O) groups excluding carboxylic acids is 2. The third-order valence-corrected chi connectivity index (χ3v) is 3.18. The molecule has 2 aromatic rings. The Balaban J connectivity index is 2.24. The van der Waals surface area contributed by atoms with Crippen molar-refractivity contribution in [3.63, 3.8) is 0 Å². The lowest BCUT2D eigenvalue weighted by Gasteiger charge is -2.22. The molecule has 7 heteroatoms. The average Bonchev–Trinajstić information content (AvgIpc) is 2.51. The molecular weight excluding hydrogens is 321 g/mol. The highest BCUT2D eigenvalue weighted by atomic mass is 19.4. The molecule has 0 fully saturated rings. The number of carbonyl (C=O) groups is 2. The van der Waals surface area contributed by atoms with Crippen molar-refractivity contribution in [1.82, 2.24) is 5.32 Å². The highest BCUT2D eigenvalue weighted by molar-refractivity contribution is 5.97. The second-order valence-electron chi connectivity index (χ2n) is 5.12. The maximum atomic E-state index is 13.3. The minimum absolute atomic E-state index is 0.0198. The molecule has 0 aliphatic heterocycles. The van der Waals surface area contributed by atoms with Gasteiger partial charge in [0, 0.05) is 18.2 Å². The number of rotatable bonds is 4. The van der Waals surface area contributed by atoms with E-state index in [4.69, 9.17) is 0 Å². The monoisotopic (exact) mass is 336 g/mol. The molecule has 0 saturated heterocycles. The van der Waals surface area contributed by atoms with E-state index < -0.39 is 18.1 Å². The minimum Gasteiger partial charge on any atom is -0.337 e. The van der Waals surface area contributed by atoms with Gasteiger partial charge in [-0.1, -0.05) is 36.4 Å². The van der Waals surface area contributed by atoms with Crippen LogP contribution in [0.5, 0.6) is 0 Å². The van der Waals surface area contributed by atoms with Crippen molar-refractivity contribution in [2.45, 2.75) is 19.1 Å². The largest absolute Gasteiger partial charge is 0.412 e. The normalized spacial score (nSPS) is 12.3. The third kappa shape index (κ3) is 4.58. The molecule has 4 nitrogen and oxygen atoms in total. The van der Waals surface area contributed by atoms with Crippen LogP contribution in [0, 0.1) is 0 Å². The van der Waals surface area contributed by atoms with Crippen LogP contribution in [-0.2, 0) is 4.79 Å². The fraction of sp³-hybridized carbons (Fsp3) is 0.176. The fourth-order valence-corrected chi connectivity index (χ4v) is 2.16. The molecular formula is C17H15F3N2O2. The summed E-state index contributed by atoms with van der Waals surface area (Å²) < 4.78 is 39.8. The first-order chi connectivity index (χ1) is 11.3. The standard InChI is InChI=1S/C17H15F3N2O2/c1-11(23)21-14-9-5-8-13(10-14)16(24)22-15(17(18,19)20)12-6-3-2-4-7-12/h2-10,15H,1H3,(H,21,23)(H,22,24)/t15-/m1/s1. The quantitative estimate of drug-likeness (QED) is 0.895. The highest BCUT2D eigenvalue weighted by Crippen LogP contribution is 2.32. The van der Waals surface area contributed by atoms with Gasteiger partial charge in [0.1, 0.15) is 0 Å². The van der Waals surface area contributed by atoms with Crippen LogP contribution in [0.15, 0.2) is 54.6 Å². The Morgan fingerprint density at radius 2 is 1.67 bits per heavy atom. The van der Waals surface area contributed by atoms with E-state index in [1.807, 2.05) is 5.32 Å². The van der Waals surface area contributed by atoms with Crippen molar-refractivity contribution in [1.29, 1.82) is 0 Å². The smallest absolute Gasteiger partial charge is 0.337 e. The molecule has 0 aromatic heterocycles. The van der Waals surface area contributed by atoms with E-state index in [1.165, 1.54) is 55.5 Å². The first kappa shape index (κ1) is 17.5. The summed E-state index contributed by atoms with van der Waals surface area (Å²) in [7, 11) is 0. The van der Waals surface area contributed by atoms with Crippen LogP contribution in [0.2, 0.25) is 0 Å². The first-order valence-electron chi connectivity index (χ1n) is 7.07. The predicted molar refractivity (Wildman–Crippen MR) is 83.4 cm³/mol. The van der Waals surface area contributed by atoms with Gasteiger partial charge in [-0.25, -0.2) is 0 Å². The Morgan fingerprint density at radius 1 is 1.00 bits per heavy atom. The lowest BCUT2D eigenvalue weighted by molar-refractivity contribution is -0.155. The van der Waals surface area contributed by atoms with Crippen LogP contribution in [0.4, 0.5) is 18.9 Å². The molecule has 1 atom stereocenters. The predicted octanol–water partition coefficient (Wildman–Crippen LogP) is 3.68. The van der Waals surface area contributed by atoms with Crippen molar-refractivity contribution >= 4 is 17.5 Å². The van der Waals surface area contributed by atoms with E-state index in [1.54, 1.807) is 6.07 Å². The van der Waals surface area contributed by atoms with Gasteiger partial charge in [-0.3, -0.25) is 9.59 Å². The third-order valence-electron chi connectivity index (χ3n) is 3.18. The summed E-state index contributed by atoms with van der Waals surface area (Å²) in [6.07, 6.45) is -4.63. The summed E-state index contributed by atoms with van der Waals surface area (Å²) in [5.74, 6) is -1.22. The van der Waals surface area contributed by atoms with Crippen LogP contribution in [0.3, 0.4) is 0 Å². The lowest BCUT2D eigenvalue weighted by atomic mass is 10.1. The summed E-state index contributed by atoms with van der Waals surface area (Å²) in [5, 5.41) is 4.47. The molecule has 0 radical (unpaired) electrons. The zero-order valence-electron chi connectivity index (χ0n) is 12.7. The van der Waals surface area contributed by atoms with Gasteiger partial charge < -0.3 is 10.6 Å². The van der Waals surface area contributed by atoms with Gasteiger partial charge in [-0.15, -0.1) is 0 Å². The average molecular weight is 336 g/mol. The Labute approximate surface area is 136 Å². The van der Waals surface area contributed by atoms with Gasteiger partial charge in [-0.2, -0.15) is 13.2 Å². The summed E-state index contributed by atoms with van der Waals surface area (Å²) >= 11 is 0. The summed E-state index contributed by atoms with van der Waals surface area (Å²) in [4.78, 5) is 23.2. The highest BCUT2D eigenvalue weighted by Gasteiger charge is 2.41. The fourth-order valence-electron chi connectivity index (χ4n) is 2.16. The Hall–Kier alpha value is -2.83. The zero-order valence-corrected chi connectivity index (χ0v) is 12.7. The van der Waals surface area contributed by atoms with Gasteiger partial charge in [0.25, 0.3) is 5.91 Å². The first-order valence-corrected chi connectivity index (χ1v) is 7.07. The molecule has 2 aromatic carbocycles. The van der Waals surface area contributed by atoms with Crippen LogP contribution < -0.4 is 10.6 Å². The number of anilines is 1. The molecule has 24 heavy (non-hydrogen) atoms. The van der Waals surface area contributed by atoms with Gasteiger partial charge in [0.05, 0.1) is 0 Å². The van der Waals surface area contributed by atoms with E-state index >= 15 is 0 Å². The number of hydrogen-bond donors (Lipinski definition) is 2. The summed E-state index contributed by atoms with van der Waals surface area (Å²) in [6.45, 7) is 1.29. The maximum absolute atomic E-state index is 13.3. The molecule has 0 heterocycles. The van der Waals surface area contributed by atoms with E-state index in [0.717, 1.165) is 0 Å². The number of amides is 2. The summed E-state index contributed by atoms with van der Waals surface area (Å²) in [6, 6.07) is 10.7. The van der Waals surface area contributed by atoms with Crippen LogP contribution in [0.25, 0.3) is 0 Å². The Morgan fingerprint density at radius 3 is 2.25 bits per heavy atom. The van der Waals surface area contributed by atoms with Crippen molar-refractivity contribution < 1.29 is 22.8 Å². The number of alkyl halides is 3. The summed E-state index contributed by atoms with van der Waals surface area (Å²) in [5.41, 5.74) is 0.293. The number of hydrogen-bond acceptors (Lipinski definition) is 2. The molecule has 0 bridgehead atoms. The van der Waals surface area contributed by atoms with Crippen molar-refractivity contribution in [3.05, 3.63) is 65.7 Å².